The van der Waals surface area contributed by atoms with Crippen molar-refractivity contribution in [2.45, 2.75) is 53.0 Å². The zero-order chi connectivity index (χ0) is 12.1. The molecule has 90 valence electrons. The van der Waals surface area contributed by atoms with Gasteiger partial charge in [-0.1, -0.05) is 13.8 Å². The van der Waals surface area contributed by atoms with E-state index in [1.807, 2.05) is 16.9 Å². The zero-order valence-corrected chi connectivity index (χ0v) is 10.7. The van der Waals surface area contributed by atoms with E-state index in [0.717, 1.165) is 12.1 Å². The quantitative estimate of drug-likeness (QED) is 0.741. The van der Waals surface area contributed by atoms with Crippen molar-refractivity contribution in [3.05, 3.63) is 18.0 Å². The number of carbonyl (C=O) groups is 1. The van der Waals surface area contributed by atoms with Crippen LogP contribution >= 0.6 is 0 Å². The van der Waals surface area contributed by atoms with Crippen molar-refractivity contribution in [3.63, 3.8) is 0 Å². The van der Waals surface area contributed by atoms with E-state index in [9.17, 15) is 4.79 Å². The number of aryl methyl sites for hydroxylation is 1. The number of rotatable bonds is 6. The Morgan fingerprint density at radius 1 is 1.38 bits per heavy atom. The summed E-state index contributed by atoms with van der Waals surface area (Å²) in [6, 6.07) is 2.39. The molecular weight excluding hydrogens is 200 g/mol. The predicted octanol–water partition coefficient (Wildman–Crippen LogP) is 3.01. The molecule has 0 aliphatic heterocycles. The molecule has 0 saturated carbocycles. The van der Waals surface area contributed by atoms with Crippen molar-refractivity contribution in [2.75, 3.05) is 0 Å². The molecule has 0 spiro atoms. The summed E-state index contributed by atoms with van der Waals surface area (Å²) in [6.45, 7) is 8.35. The first-order valence-electron chi connectivity index (χ1n) is 6.04. The second kappa shape index (κ2) is 5.83. The molecule has 3 heteroatoms. The maximum absolute atomic E-state index is 11.5. The molecule has 0 N–H and O–H groups in total. The first kappa shape index (κ1) is 12.9. The van der Waals surface area contributed by atoms with E-state index in [-0.39, 0.29) is 0 Å². The Bertz CT molecular complexity index is 339. The number of Topliss-reactive ketones (excluding diaryl/α,β-unsaturated/α-hetero) is 1. The summed E-state index contributed by atoms with van der Waals surface area (Å²) in [5, 5.41) is 4.43. The third-order valence-electron chi connectivity index (χ3n) is 2.49. The molecule has 16 heavy (non-hydrogen) atoms. The van der Waals surface area contributed by atoms with Crippen molar-refractivity contribution in [1.82, 2.24) is 9.78 Å². The monoisotopic (exact) mass is 222 g/mol. The van der Waals surface area contributed by atoms with Gasteiger partial charge in [0, 0.05) is 25.1 Å². The Morgan fingerprint density at radius 3 is 2.56 bits per heavy atom. The standard InChI is InChI=1S/C13H22N2O/c1-10(2)9-13(16)6-5-12-7-8-15(14-12)11(3)4/h7-8,10-11H,5-6,9H2,1-4H3. The number of hydrogen-bond donors (Lipinski definition) is 0. The van der Waals surface area contributed by atoms with E-state index >= 15 is 0 Å². The van der Waals surface area contributed by atoms with Crippen molar-refractivity contribution >= 4 is 5.78 Å². The van der Waals surface area contributed by atoms with Crippen LogP contribution in [0.25, 0.3) is 0 Å². The Hall–Kier alpha value is -1.12. The Labute approximate surface area is 97.8 Å². The maximum atomic E-state index is 11.5. The summed E-state index contributed by atoms with van der Waals surface area (Å²) in [7, 11) is 0. The number of nitrogens with zero attached hydrogens (tertiary/aromatic N) is 2. The van der Waals surface area contributed by atoms with Crippen LogP contribution in [0.15, 0.2) is 12.3 Å². The van der Waals surface area contributed by atoms with Gasteiger partial charge in [0.2, 0.25) is 0 Å². The molecule has 0 radical (unpaired) electrons. The average Bonchev–Trinajstić information content (AvgIpc) is 2.61. The van der Waals surface area contributed by atoms with E-state index in [1.165, 1.54) is 0 Å². The molecule has 0 unspecified atom stereocenters. The molecule has 0 aromatic carbocycles. The fourth-order valence-corrected chi connectivity index (χ4v) is 1.62. The highest BCUT2D eigenvalue weighted by molar-refractivity contribution is 5.78. The Kier molecular flexibility index (Phi) is 4.71. The van der Waals surface area contributed by atoms with Gasteiger partial charge in [-0.2, -0.15) is 5.10 Å². The molecule has 1 rings (SSSR count). The fourth-order valence-electron chi connectivity index (χ4n) is 1.62. The first-order chi connectivity index (χ1) is 7.49. The van der Waals surface area contributed by atoms with Crippen molar-refractivity contribution in [3.8, 4) is 0 Å². The van der Waals surface area contributed by atoms with Gasteiger partial charge in [0.15, 0.2) is 0 Å². The number of hydrogen-bond acceptors (Lipinski definition) is 2. The fraction of sp³-hybridized carbons (Fsp3) is 0.692. The number of carbonyl (C=O) groups excluding carboxylic acids is 1. The lowest BCUT2D eigenvalue weighted by Crippen LogP contribution is -2.05. The minimum atomic E-state index is 0.342. The maximum Gasteiger partial charge on any atom is 0.133 e. The lowest BCUT2D eigenvalue weighted by molar-refractivity contribution is -0.119. The normalized spacial score (nSPS) is 11.4. The Morgan fingerprint density at radius 2 is 2.06 bits per heavy atom. The SMILES string of the molecule is CC(C)CC(=O)CCc1ccn(C(C)C)n1. The molecule has 0 bridgehead atoms. The minimum Gasteiger partial charge on any atom is -0.300 e. The summed E-state index contributed by atoms with van der Waals surface area (Å²) < 4.78 is 1.93. The summed E-state index contributed by atoms with van der Waals surface area (Å²) >= 11 is 0. The molecule has 1 heterocycles. The number of ketones is 1. The van der Waals surface area contributed by atoms with Gasteiger partial charge < -0.3 is 0 Å². The number of aromatic nitrogens is 2. The second-order valence-corrected chi connectivity index (χ2v) is 5.02. The van der Waals surface area contributed by atoms with Gasteiger partial charge in [-0.15, -0.1) is 0 Å². The van der Waals surface area contributed by atoms with E-state index in [4.69, 9.17) is 0 Å². The van der Waals surface area contributed by atoms with Gasteiger partial charge in [-0.05, 0) is 32.3 Å². The molecule has 1 aromatic rings. The van der Waals surface area contributed by atoms with E-state index in [1.54, 1.807) is 0 Å². The smallest absolute Gasteiger partial charge is 0.133 e. The summed E-state index contributed by atoms with van der Waals surface area (Å²) in [5.41, 5.74) is 1.02. The van der Waals surface area contributed by atoms with Crippen LogP contribution in [-0.4, -0.2) is 15.6 Å². The molecule has 0 atom stereocenters. The molecule has 0 amide bonds. The predicted molar refractivity (Wildman–Crippen MR) is 65.4 cm³/mol. The van der Waals surface area contributed by atoms with Gasteiger partial charge in [0.1, 0.15) is 5.78 Å². The van der Waals surface area contributed by atoms with E-state index < -0.39 is 0 Å². The van der Waals surface area contributed by atoms with Crippen LogP contribution in [0, 0.1) is 5.92 Å². The van der Waals surface area contributed by atoms with Crippen molar-refractivity contribution in [2.24, 2.45) is 5.92 Å². The van der Waals surface area contributed by atoms with Crippen molar-refractivity contribution < 1.29 is 4.79 Å². The largest absolute Gasteiger partial charge is 0.300 e. The summed E-state index contributed by atoms with van der Waals surface area (Å²) in [6.07, 6.45) is 4.05. The molecule has 0 saturated heterocycles. The highest BCUT2D eigenvalue weighted by Crippen LogP contribution is 2.08. The molecule has 1 aromatic heterocycles. The minimum absolute atomic E-state index is 0.342. The molecule has 3 nitrogen and oxygen atoms in total. The van der Waals surface area contributed by atoms with Crippen LogP contribution in [0.5, 0.6) is 0 Å². The lowest BCUT2D eigenvalue weighted by Gasteiger charge is -2.04. The summed E-state index contributed by atoms with van der Waals surface area (Å²) in [4.78, 5) is 11.5. The highest BCUT2D eigenvalue weighted by Gasteiger charge is 2.07. The van der Waals surface area contributed by atoms with Crippen LogP contribution in [0.2, 0.25) is 0 Å². The topological polar surface area (TPSA) is 34.9 Å². The zero-order valence-electron chi connectivity index (χ0n) is 10.7. The third-order valence-corrected chi connectivity index (χ3v) is 2.49. The van der Waals surface area contributed by atoms with E-state index in [2.05, 4.69) is 32.8 Å². The van der Waals surface area contributed by atoms with Crippen LogP contribution in [0.4, 0.5) is 0 Å². The first-order valence-corrected chi connectivity index (χ1v) is 6.04. The van der Waals surface area contributed by atoms with Gasteiger partial charge >= 0.3 is 0 Å². The Balaban J connectivity index is 2.39. The molecular formula is C13H22N2O. The lowest BCUT2D eigenvalue weighted by atomic mass is 10.0. The van der Waals surface area contributed by atoms with Crippen LogP contribution in [-0.2, 0) is 11.2 Å². The van der Waals surface area contributed by atoms with Crippen LogP contribution in [0.3, 0.4) is 0 Å². The molecule has 0 aliphatic rings. The van der Waals surface area contributed by atoms with E-state index in [0.29, 0.717) is 30.6 Å². The highest BCUT2D eigenvalue weighted by atomic mass is 16.1. The molecule has 0 fully saturated rings. The van der Waals surface area contributed by atoms with Crippen LogP contribution < -0.4 is 0 Å². The summed E-state index contributed by atoms with van der Waals surface area (Å²) in [5.74, 6) is 0.801. The van der Waals surface area contributed by atoms with Crippen LogP contribution in [0.1, 0.15) is 52.3 Å². The third kappa shape index (κ3) is 4.17. The van der Waals surface area contributed by atoms with Gasteiger partial charge in [-0.25, -0.2) is 0 Å². The second-order valence-electron chi connectivity index (χ2n) is 5.02. The van der Waals surface area contributed by atoms with Gasteiger partial charge in [0.05, 0.1) is 5.69 Å². The van der Waals surface area contributed by atoms with Crippen molar-refractivity contribution in [1.29, 1.82) is 0 Å². The van der Waals surface area contributed by atoms with Gasteiger partial charge in [-0.3, -0.25) is 9.48 Å². The molecule has 0 aliphatic carbocycles. The average molecular weight is 222 g/mol. The van der Waals surface area contributed by atoms with Gasteiger partial charge in [0.25, 0.3) is 0 Å².